The minimum Gasteiger partial charge on any atom is -0.396 e. The van der Waals surface area contributed by atoms with Gasteiger partial charge < -0.3 is 15.7 Å². The molecule has 3 N–H and O–H groups in total. The van der Waals surface area contributed by atoms with Crippen LogP contribution in [-0.2, 0) is 12.6 Å². The number of halogens is 3. The molecule has 0 unspecified atom stereocenters. The van der Waals surface area contributed by atoms with E-state index in [2.05, 4.69) is 20.6 Å². The Labute approximate surface area is 160 Å². The van der Waals surface area contributed by atoms with Crippen LogP contribution >= 0.6 is 0 Å². The van der Waals surface area contributed by atoms with Gasteiger partial charge in [-0.3, -0.25) is 0 Å². The van der Waals surface area contributed by atoms with Gasteiger partial charge in [-0.1, -0.05) is 30.3 Å². The molecule has 0 aliphatic heterocycles. The second kappa shape index (κ2) is 8.88. The van der Waals surface area contributed by atoms with Crippen LogP contribution in [0.25, 0.3) is 10.9 Å². The average Bonchev–Trinajstić information content (AvgIpc) is 2.68. The van der Waals surface area contributed by atoms with Crippen LogP contribution in [0.3, 0.4) is 0 Å². The summed E-state index contributed by atoms with van der Waals surface area (Å²) in [6, 6.07) is 12.8. The molecule has 0 amide bonds. The van der Waals surface area contributed by atoms with Crippen LogP contribution in [0.1, 0.15) is 17.5 Å². The lowest BCUT2D eigenvalue weighted by atomic mass is 10.1. The van der Waals surface area contributed by atoms with Crippen molar-refractivity contribution < 1.29 is 18.3 Å². The Balaban J connectivity index is 1.70. The highest BCUT2D eigenvalue weighted by molar-refractivity contribution is 5.89. The molecule has 0 radical (unpaired) electrons. The van der Waals surface area contributed by atoms with Crippen molar-refractivity contribution >= 4 is 22.7 Å². The van der Waals surface area contributed by atoms with E-state index in [1.165, 1.54) is 6.07 Å². The van der Waals surface area contributed by atoms with Crippen molar-refractivity contribution in [2.45, 2.75) is 19.0 Å². The van der Waals surface area contributed by atoms with Crippen LogP contribution < -0.4 is 10.6 Å². The van der Waals surface area contributed by atoms with Crippen LogP contribution in [0.5, 0.6) is 0 Å². The molecule has 0 aliphatic carbocycles. The van der Waals surface area contributed by atoms with Crippen molar-refractivity contribution in [1.29, 1.82) is 0 Å². The highest BCUT2D eigenvalue weighted by atomic mass is 19.4. The lowest BCUT2D eigenvalue weighted by Crippen LogP contribution is -2.12. The van der Waals surface area contributed by atoms with Gasteiger partial charge in [-0.2, -0.15) is 18.2 Å². The van der Waals surface area contributed by atoms with E-state index in [-0.39, 0.29) is 6.61 Å². The minimum absolute atomic E-state index is 0.0815. The second-order valence-corrected chi connectivity index (χ2v) is 6.29. The number of anilines is 2. The first-order chi connectivity index (χ1) is 13.5. The summed E-state index contributed by atoms with van der Waals surface area (Å²) in [7, 11) is 0. The SMILES string of the molecule is OCCCNc1nc(NCCc2cccc(C(F)(F)F)c2)nc2ccccc12. The number of rotatable bonds is 8. The van der Waals surface area contributed by atoms with Crippen molar-refractivity contribution in [3.63, 3.8) is 0 Å². The number of para-hydroxylation sites is 1. The summed E-state index contributed by atoms with van der Waals surface area (Å²) >= 11 is 0. The molecule has 3 rings (SSSR count). The highest BCUT2D eigenvalue weighted by Gasteiger charge is 2.30. The van der Waals surface area contributed by atoms with E-state index in [1.54, 1.807) is 6.07 Å². The molecule has 1 aromatic heterocycles. The summed E-state index contributed by atoms with van der Waals surface area (Å²) in [6.45, 7) is 1.05. The van der Waals surface area contributed by atoms with Gasteiger partial charge in [0, 0.05) is 25.1 Å². The maximum absolute atomic E-state index is 12.8. The van der Waals surface area contributed by atoms with Crippen molar-refractivity contribution in [3.8, 4) is 0 Å². The molecule has 3 aromatic rings. The predicted molar refractivity (Wildman–Crippen MR) is 103 cm³/mol. The molecule has 2 aromatic carbocycles. The van der Waals surface area contributed by atoms with Gasteiger partial charge in [-0.25, -0.2) is 4.98 Å². The third kappa shape index (κ3) is 5.10. The Morgan fingerprint density at radius 1 is 0.929 bits per heavy atom. The first kappa shape index (κ1) is 19.9. The van der Waals surface area contributed by atoms with Gasteiger partial charge in [0.1, 0.15) is 5.82 Å². The first-order valence-electron chi connectivity index (χ1n) is 8.99. The number of hydrogen-bond acceptors (Lipinski definition) is 5. The van der Waals surface area contributed by atoms with Gasteiger partial charge >= 0.3 is 6.18 Å². The Bertz CT molecular complexity index is 931. The normalized spacial score (nSPS) is 11.6. The van der Waals surface area contributed by atoms with Gasteiger partial charge in [0.25, 0.3) is 0 Å². The first-order valence-corrected chi connectivity index (χ1v) is 8.99. The quantitative estimate of drug-likeness (QED) is 0.505. The summed E-state index contributed by atoms with van der Waals surface area (Å²) in [6.07, 6.45) is -3.34. The standard InChI is InChI=1S/C20H21F3N4O/c21-20(22,23)15-6-3-5-14(13-15)9-11-25-19-26-17-8-2-1-7-16(17)18(27-19)24-10-4-12-28/h1-3,5-8,13,28H,4,9-12H2,(H2,24,25,26,27). The maximum Gasteiger partial charge on any atom is 0.416 e. The largest absolute Gasteiger partial charge is 0.416 e. The van der Waals surface area contributed by atoms with Crippen LogP contribution in [0.4, 0.5) is 24.9 Å². The van der Waals surface area contributed by atoms with Crippen LogP contribution in [0.15, 0.2) is 48.5 Å². The van der Waals surface area contributed by atoms with Gasteiger partial charge in [-0.05, 0) is 36.6 Å². The molecule has 0 fully saturated rings. The van der Waals surface area contributed by atoms with E-state index in [1.807, 2.05) is 24.3 Å². The zero-order chi connectivity index (χ0) is 20.0. The number of aliphatic hydroxyl groups excluding tert-OH is 1. The molecule has 0 bridgehead atoms. The van der Waals surface area contributed by atoms with E-state index in [0.717, 1.165) is 23.0 Å². The second-order valence-electron chi connectivity index (χ2n) is 6.29. The highest BCUT2D eigenvalue weighted by Crippen LogP contribution is 2.29. The van der Waals surface area contributed by atoms with E-state index >= 15 is 0 Å². The number of nitrogens with zero attached hydrogens (tertiary/aromatic N) is 2. The molecule has 1 heterocycles. The van der Waals surface area contributed by atoms with E-state index in [0.29, 0.717) is 43.3 Å². The predicted octanol–water partition coefficient (Wildman–Crippen LogP) is 4.10. The topological polar surface area (TPSA) is 70.1 Å². The fraction of sp³-hybridized carbons (Fsp3) is 0.300. The van der Waals surface area contributed by atoms with E-state index in [4.69, 9.17) is 5.11 Å². The molecule has 0 saturated heterocycles. The zero-order valence-electron chi connectivity index (χ0n) is 15.1. The summed E-state index contributed by atoms with van der Waals surface area (Å²) < 4.78 is 38.5. The monoisotopic (exact) mass is 390 g/mol. The summed E-state index contributed by atoms with van der Waals surface area (Å²) in [4.78, 5) is 8.93. The number of nitrogens with one attached hydrogen (secondary N) is 2. The molecule has 5 nitrogen and oxygen atoms in total. The molecular formula is C20H21F3N4O. The van der Waals surface area contributed by atoms with Gasteiger partial charge in [-0.15, -0.1) is 0 Å². The lowest BCUT2D eigenvalue weighted by molar-refractivity contribution is -0.137. The summed E-state index contributed by atoms with van der Waals surface area (Å²) in [5, 5.41) is 16.1. The minimum atomic E-state index is -4.35. The Morgan fingerprint density at radius 3 is 2.54 bits per heavy atom. The smallest absolute Gasteiger partial charge is 0.396 e. The molecule has 8 heteroatoms. The van der Waals surface area contributed by atoms with Crippen molar-refractivity contribution in [1.82, 2.24) is 9.97 Å². The molecule has 28 heavy (non-hydrogen) atoms. The number of aromatic nitrogens is 2. The summed E-state index contributed by atoms with van der Waals surface area (Å²) in [5.74, 6) is 1.05. The zero-order valence-corrected chi connectivity index (χ0v) is 15.1. The van der Waals surface area contributed by atoms with E-state index in [9.17, 15) is 13.2 Å². The fourth-order valence-electron chi connectivity index (χ4n) is 2.80. The number of aliphatic hydroxyl groups is 1. The van der Waals surface area contributed by atoms with Crippen molar-refractivity contribution in [2.24, 2.45) is 0 Å². The van der Waals surface area contributed by atoms with Gasteiger partial charge in [0.15, 0.2) is 0 Å². The van der Waals surface area contributed by atoms with Crippen LogP contribution in [0.2, 0.25) is 0 Å². The number of alkyl halides is 3. The Hall–Kier alpha value is -2.87. The van der Waals surface area contributed by atoms with Gasteiger partial charge in [0.2, 0.25) is 5.95 Å². The Kier molecular flexibility index (Phi) is 6.30. The molecule has 0 spiro atoms. The van der Waals surface area contributed by atoms with E-state index < -0.39 is 11.7 Å². The lowest BCUT2D eigenvalue weighted by Gasteiger charge is -2.12. The van der Waals surface area contributed by atoms with Gasteiger partial charge in [0.05, 0.1) is 11.1 Å². The number of benzene rings is 2. The van der Waals surface area contributed by atoms with Crippen molar-refractivity contribution in [2.75, 3.05) is 30.3 Å². The maximum atomic E-state index is 12.8. The fourth-order valence-corrected chi connectivity index (χ4v) is 2.80. The molecule has 0 atom stereocenters. The average molecular weight is 390 g/mol. The molecule has 148 valence electrons. The number of hydrogen-bond donors (Lipinski definition) is 3. The third-order valence-electron chi connectivity index (χ3n) is 4.18. The number of fused-ring (bicyclic) bond motifs is 1. The molecular weight excluding hydrogens is 369 g/mol. The Morgan fingerprint density at radius 2 is 1.75 bits per heavy atom. The van der Waals surface area contributed by atoms with Crippen LogP contribution in [-0.4, -0.2) is 34.8 Å². The van der Waals surface area contributed by atoms with Crippen LogP contribution in [0, 0.1) is 0 Å². The summed E-state index contributed by atoms with van der Waals surface area (Å²) in [5.41, 5.74) is 0.692. The third-order valence-corrected chi connectivity index (χ3v) is 4.18. The molecule has 0 saturated carbocycles. The molecule has 0 aliphatic rings. The van der Waals surface area contributed by atoms with Crippen molar-refractivity contribution in [3.05, 3.63) is 59.7 Å².